The number of hydrogen-bond acceptors (Lipinski definition) is 4. The molecule has 0 aliphatic heterocycles. The lowest BCUT2D eigenvalue weighted by Gasteiger charge is -2.18. The van der Waals surface area contributed by atoms with E-state index in [1.165, 1.54) is 18.2 Å². The van der Waals surface area contributed by atoms with Gasteiger partial charge in [0, 0.05) is 13.1 Å². The van der Waals surface area contributed by atoms with Crippen LogP contribution in [0.4, 0.5) is 0 Å². The molecule has 19 heavy (non-hydrogen) atoms. The zero-order valence-corrected chi connectivity index (χ0v) is 11.0. The number of carbonyl (C=O) groups excluding carboxylic acids is 2. The van der Waals surface area contributed by atoms with Gasteiger partial charge in [0.1, 0.15) is 0 Å². The van der Waals surface area contributed by atoms with Crippen LogP contribution in [0.1, 0.15) is 24.2 Å². The number of benzene rings is 1. The van der Waals surface area contributed by atoms with Gasteiger partial charge in [0.05, 0.1) is 12.1 Å². The summed E-state index contributed by atoms with van der Waals surface area (Å²) in [6.07, 6.45) is 0. The Morgan fingerprint density at radius 2 is 1.84 bits per heavy atom. The molecule has 6 nitrogen and oxygen atoms in total. The molecule has 0 saturated carbocycles. The Morgan fingerprint density at radius 3 is 2.42 bits per heavy atom. The van der Waals surface area contributed by atoms with Gasteiger partial charge >= 0.3 is 0 Å². The topological polar surface area (TPSA) is 89.9 Å². The van der Waals surface area contributed by atoms with E-state index >= 15 is 0 Å². The fourth-order valence-corrected chi connectivity index (χ4v) is 1.65. The number of carbonyl (C=O) groups is 2. The van der Waals surface area contributed by atoms with Crippen LogP contribution in [0.15, 0.2) is 18.2 Å². The number of nitrogens with one attached hydrogen (secondary N) is 1. The highest BCUT2D eigenvalue weighted by Crippen LogP contribution is 2.27. The standard InChI is InChI=1S/C13H18N2O4/c1-3-15(4-2)11(17)8-14-13(19)9-6-5-7-10(16)12(9)18/h5-7,16,18H,3-4,8H2,1-2H3,(H,14,19). The van der Waals surface area contributed by atoms with Crippen molar-refractivity contribution in [2.24, 2.45) is 0 Å². The number of nitrogens with zero attached hydrogens (tertiary/aromatic N) is 1. The van der Waals surface area contributed by atoms with Gasteiger partial charge in [0.15, 0.2) is 11.5 Å². The molecule has 0 atom stereocenters. The average Bonchev–Trinajstić information content (AvgIpc) is 2.40. The molecule has 0 heterocycles. The SMILES string of the molecule is CCN(CC)C(=O)CNC(=O)c1cccc(O)c1O. The van der Waals surface area contributed by atoms with Crippen LogP contribution in [0, 0.1) is 0 Å². The molecule has 1 rings (SSSR count). The molecule has 0 aromatic heterocycles. The normalized spacial score (nSPS) is 10.0. The van der Waals surface area contributed by atoms with Gasteiger partial charge in [-0.3, -0.25) is 9.59 Å². The summed E-state index contributed by atoms with van der Waals surface area (Å²) in [5.74, 6) is -1.66. The van der Waals surface area contributed by atoms with Gasteiger partial charge in [-0.1, -0.05) is 6.07 Å². The van der Waals surface area contributed by atoms with Crippen molar-refractivity contribution in [3.8, 4) is 11.5 Å². The number of amides is 2. The molecule has 1 aromatic carbocycles. The first kappa shape index (κ1) is 14.8. The Bertz CT molecular complexity index is 470. The van der Waals surface area contributed by atoms with Crippen molar-refractivity contribution in [2.45, 2.75) is 13.8 Å². The quantitative estimate of drug-likeness (QED) is 0.684. The van der Waals surface area contributed by atoms with E-state index in [1.807, 2.05) is 13.8 Å². The third kappa shape index (κ3) is 3.61. The second kappa shape index (κ2) is 6.63. The Hall–Kier alpha value is -2.24. The van der Waals surface area contributed by atoms with Gasteiger partial charge in [0.2, 0.25) is 5.91 Å². The lowest BCUT2D eigenvalue weighted by molar-refractivity contribution is -0.129. The minimum atomic E-state index is -0.603. The molecule has 0 fully saturated rings. The van der Waals surface area contributed by atoms with Crippen molar-refractivity contribution < 1.29 is 19.8 Å². The second-order valence-corrected chi connectivity index (χ2v) is 3.92. The van der Waals surface area contributed by atoms with Crippen molar-refractivity contribution in [3.63, 3.8) is 0 Å². The molecule has 0 saturated heterocycles. The van der Waals surface area contributed by atoms with Crippen LogP contribution in [0.3, 0.4) is 0 Å². The monoisotopic (exact) mass is 266 g/mol. The summed E-state index contributed by atoms with van der Waals surface area (Å²) in [6.45, 7) is 4.70. The number of hydrogen-bond donors (Lipinski definition) is 3. The lowest BCUT2D eigenvalue weighted by Crippen LogP contribution is -2.40. The summed E-state index contributed by atoms with van der Waals surface area (Å²) in [6, 6.07) is 4.08. The maximum Gasteiger partial charge on any atom is 0.255 e. The Balaban J connectivity index is 2.66. The summed E-state index contributed by atoms with van der Waals surface area (Å²) in [5, 5.41) is 21.2. The fourth-order valence-electron chi connectivity index (χ4n) is 1.65. The van der Waals surface area contributed by atoms with Crippen molar-refractivity contribution in [3.05, 3.63) is 23.8 Å². The van der Waals surface area contributed by atoms with Gasteiger partial charge < -0.3 is 20.4 Å². The molecule has 0 bridgehead atoms. The van der Waals surface area contributed by atoms with Crippen molar-refractivity contribution in [2.75, 3.05) is 19.6 Å². The molecule has 104 valence electrons. The van der Waals surface area contributed by atoms with E-state index in [0.29, 0.717) is 13.1 Å². The lowest BCUT2D eigenvalue weighted by atomic mass is 10.1. The molecular formula is C13H18N2O4. The molecule has 3 N–H and O–H groups in total. The Kier molecular flexibility index (Phi) is 5.17. The van der Waals surface area contributed by atoms with Gasteiger partial charge in [-0.25, -0.2) is 0 Å². The Labute approximate surface area is 111 Å². The van der Waals surface area contributed by atoms with E-state index in [2.05, 4.69) is 5.32 Å². The number of phenolic OH excluding ortho intramolecular Hbond substituents is 2. The van der Waals surface area contributed by atoms with Gasteiger partial charge in [0.25, 0.3) is 5.91 Å². The predicted molar refractivity (Wildman–Crippen MR) is 70.0 cm³/mol. The largest absolute Gasteiger partial charge is 0.504 e. The highest BCUT2D eigenvalue weighted by molar-refractivity contribution is 5.99. The molecule has 1 aromatic rings. The maximum atomic E-state index is 11.8. The molecule has 2 amide bonds. The third-order valence-corrected chi connectivity index (χ3v) is 2.78. The average molecular weight is 266 g/mol. The van der Waals surface area contributed by atoms with Crippen molar-refractivity contribution in [1.82, 2.24) is 10.2 Å². The van der Waals surface area contributed by atoms with Crippen molar-refractivity contribution >= 4 is 11.8 Å². The predicted octanol–water partition coefficient (Wildman–Crippen LogP) is 0.696. The van der Waals surface area contributed by atoms with Crippen LogP contribution in [-0.4, -0.2) is 46.6 Å². The molecule has 0 aliphatic rings. The second-order valence-electron chi connectivity index (χ2n) is 3.92. The minimum absolute atomic E-state index is 0.0626. The number of rotatable bonds is 5. The Morgan fingerprint density at radius 1 is 1.21 bits per heavy atom. The van der Waals surface area contributed by atoms with Crippen LogP contribution in [0.5, 0.6) is 11.5 Å². The molecular weight excluding hydrogens is 248 g/mol. The first-order valence-electron chi connectivity index (χ1n) is 6.08. The number of aromatic hydroxyl groups is 2. The van der Waals surface area contributed by atoms with Crippen LogP contribution < -0.4 is 5.32 Å². The van der Waals surface area contributed by atoms with E-state index < -0.39 is 11.7 Å². The van der Waals surface area contributed by atoms with Crippen LogP contribution in [-0.2, 0) is 4.79 Å². The van der Waals surface area contributed by atoms with Gasteiger partial charge in [-0.2, -0.15) is 0 Å². The number of para-hydroxylation sites is 1. The van der Waals surface area contributed by atoms with E-state index in [1.54, 1.807) is 4.90 Å². The fraction of sp³-hybridized carbons (Fsp3) is 0.385. The summed E-state index contributed by atoms with van der Waals surface area (Å²) >= 11 is 0. The molecule has 0 unspecified atom stereocenters. The van der Waals surface area contributed by atoms with Crippen LogP contribution in [0.25, 0.3) is 0 Å². The van der Waals surface area contributed by atoms with Gasteiger partial charge in [-0.05, 0) is 26.0 Å². The molecule has 0 aliphatic carbocycles. The van der Waals surface area contributed by atoms with E-state index in [4.69, 9.17) is 0 Å². The van der Waals surface area contributed by atoms with E-state index in [-0.39, 0.29) is 23.8 Å². The zero-order chi connectivity index (χ0) is 14.4. The molecule has 0 radical (unpaired) electrons. The first-order chi connectivity index (χ1) is 9.01. The minimum Gasteiger partial charge on any atom is -0.504 e. The highest BCUT2D eigenvalue weighted by atomic mass is 16.3. The van der Waals surface area contributed by atoms with Gasteiger partial charge in [-0.15, -0.1) is 0 Å². The first-order valence-corrected chi connectivity index (χ1v) is 6.08. The summed E-state index contributed by atoms with van der Waals surface area (Å²) in [4.78, 5) is 25.0. The maximum absolute atomic E-state index is 11.8. The smallest absolute Gasteiger partial charge is 0.255 e. The summed E-state index contributed by atoms with van der Waals surface area (Å²) in [5.41, 5.74) is -0.0626. The van der Waals surface area contributed by atoms with E-state index in [0.717, 1.165) is 0 Å². The highest BCUT2D eigenvalue weighted by Gasteiger charge is 2.16. The summed E-state index contributed by atoms with van der Waals surface area (Å²) in [7, 11) is 0. The van der Waals surface area contributed by atoms with Crippen LogP contribution >= 0.6 is 0 Å². The van der Waals surface area contributed by atoms with E-state index in [9.17, 15) is 19.8 Å². The van der Waals surface area contributed by atoms with Crippen LogP contribution in [0.2, 0.25) is 0 Å². The zero-order valence-electron chi connectivity index (χ0n) is 11.0. The third-order valence-electron chi connectivity index (χ3n) is 2.78. The summed E-state index contributed by atoms with van der Waals surface area (Å²) < 4.78 is 0. The number of likely N-dealkylation sites (N-methyl/N-ethyl adjacent to an activating group) is 1. The molecule has 0 spiro atoms. The molecule has 6 heteroatoms. The van der Waals surface area contributed by atoms with Crippen molar-refractivity contribution in [1.29, 1.82) is 0 Å². The number of phenols is 2.